The summed E-state index contributed by atoms with van der Waals surface area (Å²) in [6, 6.07) is 4.22. The standard InChI is InChI=1S/C7H9NO2.C5H5NO2/c1-5-7(10)6(9)3-4-8(5)2;7-4-2-1-3-6-5(4)8/h3-4,10H,1-2H3;1-3,7H,(H,6,8). The van der Waals surface area contributed by atoms with Gasteiger partial charge in [-0.1, -0.05) is 0 Å². The van der Waals surface area contributed by atoms with Crippen LogP contribution in [0.5, 0.6) is 11.5 Å². The number of aromatic amines is 1. The van der Waals surface area contributed by atoms with E-state index < -0.39 is 5.56 Å². The van der Waals surface area contributed by atoms with Crippen molar-refractivity contribution >= 4 is 0 Å². The Balaban J connectivity index is 0.000000184. The molecule has 0 fully saturated rings. The fourth-order valence-corrected chi connectivity index (χ4v) is 1.13. The molecule has 2 aromatic heterocycles. The molecule has 0 aromatic carbocycles. The van der Waals surface area contributed by atoms with Crippen LogP contribution in [0.1, 0.15) is 5.69 Å². The molecule has 0 saturated carbocycles. The zero-order valence-corrected chi connectivity index (χ0v) is 10.0. The largest absolute Gasteiger partial charge is 0.503 e. The van der Waals surface area contributed by atoms with Crippen molar-refractivity contribution in [3.8, 4) is 11.5 Å². The molecule has 2 rings (SSSR count). The summed E-state index contributed by atoms with van der Waals surface area (Å²) in [4.78, 5) is 23.3. The van der Waals surface area contributed by atoms with Gasteiger partial charge in [0.25, 0.3) is 5.56 Å². The van der Waals surface area contributed by atoms with Crippen LogP contribution in [0.2, 0.25) is 0 Å². The monoisotopic (exact) mass is 250 g/mol. The maximum Gasteiger partial charge on any atom is 0.290 e. The molecule has 0 unspecified atom stereocenters. The number of aromatic nitrogens is 2. The Morgan fingerprint density at radius 1 is 1.22 bits per heavy atom. The van der Waals surface area contributed by atoms with Gasteiger partial charge in [-0.05, 0) is 19.1 Å². The normalized spacial score (nSPS) is 9.44. The van der Waals surface area contributed by atoms with E-state index in [4.69, 9.17) is 10.2 Å². The quantitative estimate of drug-likeness (QED) is 0.633. The summed E-state index contributed by atoms with van der Waals surface area (Å²) in [6.45, 7) is 1.69. The van der Waals surface area contributed by atoms with Gasteiger partial charge in [-0.3, -0.25) is 9.59 Å². The van der Waals surface area contributed by atoms with Crippen molar-refractivity contribution in [2.75, 3.05) is 0 Å². The second-order valence-corrected chi connectivity index (χ2v) is 3.61. The highest BCUT2D eigenvalue weighted by Crippen LogP contribution is 2.06. The number of aryl methyl sites for hydroxylation is 1. The minimum absolute atomic E-state index is 0.162. The van der Waals surface area contributed by atoms with E-state index in [1.165, 1.54) is 18.3 Å². The van der Waals surface area contributed by atoms with E-state index in [9.17, 15) is 9.59 Å². The number of hydrogen-bond acceptors (Lipinski definition) is 4. The van der Waals surface area contributed by atoms with Crippen LogP contribution in [0, 0.1) is 6.92 Å². The van der Waals surface area contributed by atoms with Gasteiger partial charge in [0.05, 0.1) is 5.69 Å². The van der Waals surface area contributed by atoms with Gasteiger partial charge in [0.15, 0.2) is 11.5 Å². The maximum absolute atomic E-state index is 10.7. The highest BCUT2D eigenvalue weighted by atomic mass is 16.3. The van der Waals surface area contributed by atoms with E-state index in [1.54, 1.807) is 30.8 Å². The van der Waals surface area contributed by atoms with Crippen molar-refractivity contribution in [1.82, 2.24) is 9.55 Å². The molecular weight excluding hydrogens is 236 g/mol. The summed E-state index contributed by atoms with van der Waals surface area (Å²) >= 11 is 0. The zero-order chi connectivity index (χ0) is 13.7. The van der Waals surface area contributed by atoms with E-state index in [0.29, 0.717) is 5.69 Å². The molecule has 2 aromatic rings. The van der Waals surface area contributed by atoms with Gasteiger partial charge in [-0.15, -0.1) is 0 Å². The molecule has 0 spiro atoms. The predicted octanol–water partition coefficient (Wildman–Crippen LogP) is 0.480. The minimum Gasteiger partial charge on any atom is -0.503 e. The first-order chi connectivity index (χ1) is 8.43. The molecule has 0 saturated heterocycles. The van der Waals surface area contributed by atoms with Crippen molar-refractivity contribution in [3.63, 3.8) is 0 Å². The van der Waals surface area contributed by atoms with Crippen LogP contribution in [0.3, 0.4) is 0 Å². The van der Waals surface area contributed by atoms with Crippen molar-refractivity contribution in [3.05, 3.63) is 56.9 Å². The number of nitrogens with one attached hydrogen (secondary N) is 1. The topological polar surface area (TPSA) is 95.3 Å². The summed E-state index contributed by atoms with van der Waals surface area (Å²) in [5.41, 5.74) is -0.185. The first-order valence-corrected chi connectivity index (χ1v) is 5.15. The van der Waals surface area contributed by atoms with E-state index in [2.05, 4.69) is 4.98 Å². The lowest BCUT2D eigenvalue weighted by Gasteiger charge is -2.02. The second-order valence-electron chi connectivity index (χ2n) is 3.61. The third-order valence-electron chi connectivity index (χ3n) is 2.35. The van der Waals surface area contributed by atoms with Gasteiger partial charge < -0.3 is 19.8 Å². The highest BCUT2D eigenvalue weighted by Gasteiger charge is 2.00. The van der Waals surface area contributed by atoms with Crippen molar-refractivity contribution < 1.29 is 10.2 Å². The third-order valence-corrected chi connectivity index (χ3v) is 2.35. The summed E-state index contributed by atoms with van der Waals surface area (Å²) in [5, 5.41) is 17.6. The van der Waals surface area contributed by atoms with E-state index >= 15 is 0 Å². The smallest absolute Gasteiger partial charge is 0.290 e. The van der Waals surface area contributed by atoms with Crippen LogP contribution in [0.15, 0.2) is 40.2 Å². The maximum atomic E-state index is 10.7. The molecule has 6 heteroatoms. The molecule has 96 valence electrons. The molecule has 0 amide bonds. The summed E-state index contributed by atoms with van der Waals surface area (Å²) in [6.07, 6.45) is 3.08. The molecule has 3 N–H and O–H groups in total. The minimum atomic E-state index is -0.451. The summed E-state index contributed by atoms with van der Waals surface area (Å²) in [5.74, 6) is -0.405. The average molecular weight is 250 g/mol. The lowest BCUT2D eigenvalue weighted by atomic mass is 10.3. The van der Waals surface area contributed by atoms with Crippen molar-refractivity contribution in [2.24, 2.45) is 7.05 Å². The Labute approximate surface area is 103 Å². The SMILES string of the molecule is Cc1c(O)c(=O)ccn1C.O=c1[nH]cccc1O. The number of rotatable bonds is 0. The number of nitrogens with zero attached hydrogens (tertiary/aromatic N) is 1. The zero-order valence-electron chi connectivity index (χ0n) is 10.0. The number of hydrogen-bond donors (Lipinski definition) is 3. The highest BCUT2D eigenvalue weighted by molar-refractivity contribution is 5.24. The fourth-order valence-electron chi connectivity index (χ4n) is 1.13. The molecule has 0 atom stereocenters. The average Bonchev–Trinajstić information content (AvgIpc) is 2.36. The molecule has 18 heavy (non-hydrogen) atoms. The Hall–Kier alpha value is -2.50. The molecule has 0 radical (unpaired) electrons. The van der Waals surface area contributed by atoms with Crippen LogP contribution in [-0.2, 0) is 7.05 Å². The van der Waals surface area contributed by atoms with E-state index in [-0.39, 0.29) is 16.9 Å². The van der Waals surface area contributed by atoms with Crippen molar-refractivity contribution in [1.29, 1.82) is 0 Å². The van der Waals surface area contributed by atoms with Crippen LogP contribution in [0.4, 0.5) is 0 Å². The van der Waals surface area contributed by atoms with Crippen LogP contribution >= 0.6 is 0 Å². The number of pyridine rings is 2. The Kier molecular flexibility index (Phi) is 4.31. The Bertz CT molecular complexity index is 643. The molecule has 0 bridgehead atoms. The third kappa shape index (κ3) is 3.24. The number of H-pyrrole nitrogens is 1. The fraction of sp³-hybridized carbons (Fsp3) is 0.167. The van der Waals surface area contributed by atoms with Gasteiger partial charge in [-0.25, -0.2) is 0 Å². The lowest BCUT2D eigenvalue weighted by Crippen LogP contribution is -2.06. The summed E-state index contributed by atoms with van der Waals surface area (Å²) < 4.78 is 1.69. The molecule has 6 nitrogen and oxygen atoms in total. The lowest BCUT2D eigenvalue weighted by molar-refractivity contribution is 0.457. The summed E-state index contributed by atoms with van der Waals surface area (Å²) in [7, 11) is 1.77. The predicted molar refractivity (Wildman–Crippen MR) is 66.8 cm³/mol. The van der Waals surface area contributed by atoms with E-state index in [1.807, 2.05) is 0 Å². The van der Waals surface area contributed by atoms with Crippen LogP contribution in [0.25, 0.3) is 0 Å². The Morgan fingerprint density at radius 3 is 2.33 bits per heavy atom. The molecule has 0 aliphatic heterocycles. The first kappa shape index (κ1) is 13.6. The van der Waals surface area contributed by atoms with Gasteiger partial charge in [0.2, 0.25) is 5.43 Å². The molecule has 0 aliphatic carbocycles. The molecule has 2 heterocycles. The van der Waals surface area contributed by atoms with Gasteiger partial charge in [0.1, 0.15) is 0 Å². The number of aromatic hydroxyl groups is 2. The van der Waals surface area contributed by atoms with E-state index in [0.717, 1.165) is 0 Å². The van der Waals surface area contributed by atoms with Crippen LogP contribution in [-0.4, -0.2) is 19.8 Å². The molecule has 0 aliphatic rings. The second kappa shape index (κ2) is 5.72. The van der Waals surface area contributed by atoms with Gasteiger partial charge in [0, 0.05) is 25.5 Å². The van der Waals surface area contributed by atoms with Gasteiger partial charge in [-0.2, -0.15) is 0 Å². The van der Waals surface area contributed by atoms with Gasteiger partial charge >= 0.3 is 0 Å². The molecular formula is C12H14N2O4. The van der Waals surface area contributed by atoms with Crippen LogP contribution < -0.4 is 11.0 Å². The first-order valence-electron chi connectivity index (χ1n) is 5.15. The van der Waals surface area contributed by atoms with Crippen molar-refractivity contribution in [2.45, 2.75) is 6.92 Å². The Morgan fingerprint density at radius 2 is 1.89 bits per heavy atom.